The molecule has 0 bridgehead atoms. The van der Waals surface area contributed by atoms with Crippen molar-refractivity contribution in [3.05, 3.63) is 0 Å². The van der Waals surface area contributed by atoms with Crippen molar-refractivity contribution in [2.24, 2.45) is 16.7 Å². The van der Waals surface area contributed by atoms with E-state index in [0.29, 0.717) is 10.8 Å². The largest absolute Gasteiger partial charge is 0.376 e. The third-order valence-electron chi connectivity index (χ3n) is 4.67. The van der Waals surface area contributed by atoms with Gasteiger partial charge in [0.2, 0.25) is 0 Å². The van der Waals surface area contributed by atoms with Crippen LogP contribution in [0.5, 0.6) is 0 Å². The van der Waals surface area contributed by atoms with Gasteiger partial charge in [-0.15, -0.1) is 0 Å². The molecule has 2 aliphatic rings. The SMILES string of the molecule is CC1(C)CC2(CCO1)C(CBr)C2(C)C. The van der Waals surface area contributed by atoms with Crippen LogP contribution in [0.15, 0.2) is 0 Å². The van der Waals surface area contributed by atoms with Crippen molar-refractivity contribution in [1.82, 2.24) is 0 Å². The van der Waals surface area contributed by atoms with Gasteiger partial charge in [-0.2, -0.15) is 0 Å². The summed E-state index contributed by atoms with van der Waals surface area (Å²) in [6.45, 7) is 10.2. The third-order valence-corrected chi connectivity index (χ3v) is 5.32. The van der Waals surface area contributed by atoms with Crippen LogP contribution in [0.4, 0.5) is 0 Å². The Bertz CT molecular complexity index is 247. The zero-order chi connectivity index (χ0) is 10.6. The van der Waals surface area contributed by atoms with E-state index in [2.05, 4.69) is 43.6 Å². The van der Waals surface area contributed by atoms with E-state index in [4.69, 9.17) is 4.74 Å². The van der Waals surface area contributed by atoms with Crippen molar-refractivity contribution in [2.45, 2.75) is 46.1 Å². The van der Waals surface area contributed by atoms with Gasteiger partial charge < -0.3 is 4.74 Å². The Kier molecular flexibility index (Phi) is 2.33. The highest BCUT2D eigenvalue weighted by Crippen LogP contribution is 2.75. The number of hydrogen-bond donors (Lipinski definition) is 0. The van der Waals surface area contributed by atoms with Gasteiger partial charge >= 0.3 is 0 Å². The van der Waals surface area contributed by atoms with E-state index in [1.165, 1.54) is 12.8 Å². The molecule has 2 rings (SSSR count). The first-order valence-electron chi connectivity index (χ1n) is 5.56. The average Bonchev–Trinajstić information content (AvgIpc) is 2.44. The van der Waals surface area contributed by atoms with Crippen molar-refractivity contribution in [3.63, 3.8) is 0 Å². The lowest BCUT2D eigenvalue weighted by Gasteiger charge is -2.38. The van der Waals surface area contributed by atoms with Crippen molar-refractivity contribution in [2.75, 3.05) is 11.9 Å². The standard InChI is InChI=1S/C12H21BrO/c1-10(2)8-12(5-6-14-10)9(7-13)11(12,3)4/h9H,5-8H2,1-4H3. The minimum Gasteiger partial charge on any atom is -0.376 e. The van der Waals surface area contributed by atoms with Crippen molar-refractivity contribution in [1.29, 1.82) is 0 Å². The van der Waals surface area contributed by atoms with Gasteiger partial charge in [-0.1, -0.05) is 29.8 Å². The number of ether oxygens (including phenoxy) is 1. The number of hydrogen-bond acceptors (Lipinski definition) is 1. The molecule has 1 aliphatic carbocycles. The molecule has 14 heavy (non-hydrogen) atoms. The molecule has 1 nitrogen and oxygen atoms in total. The first-order chi connectivity index (χ1) is 6.36. The Balaban J connectivity index is 2.19. The molecule has 0 aromatic carbocycles. The molecule has 2 unspecified atom stereocenters. The zero-order valence-electron chi connectivity index (χ0n) is 9.69. The van der Waals surface area contributed by atoms with E-state index in [0.717, 1.165) is 17.9 Å². The highest BCUT2D eigenvalue weighted by molar-refractivity contribution is 9.09. The summed E-state index contributed by atoms with van der Waals surface area (Å²) in [6, 6.07) is 0. The summed E-state index contributed by atoms with van der Waals surface area (Å²) in [7, 11) is 0. The highest BCUT2D eigenvalue weighted by atomic mass is 79.9. The maximum Gasteiger partial charge on any atom is 0.0632 e. The molecular formula is C12H21BrO. The van der Waals surface area contributed by atoms with E-state index in [-0.39, 0.29) is 5.60 Å². The van der Waals surface area contributed by atoms with E-state index in [1.54, 1.807) is 0 Å². The van der Waals surface area contributed by atoms with Crippen LogP contribution in [0.3, 0.4) is 0 Å². The van der Waals surface area contributed by atoms with Gasteiger partial charge in [-0.05, 0) is 43.4 Å². The van der Waals surface area contributed by atoms with Crippen molar-refractivity contribution >= 4 is 15.9 Å². The molecule has 2 atom stereocenters. The maximum absolute atomic E-state index is 5.81. The minimum absolute atomic E-state index is 0.0897. The van der Waals surface area contributed by atoms with E-state index >= 15 is 0 Å². The molecule has 1 aliphatic heterocycles. The smallest absolute Gasteiger partial charge is 0.0632 e. The molecule has 1 heterocycles. The summed E-state index contributed by atoms with van der Waals surface area (Å²) in [6.07, 6.45) is 2.48. The lowest BCUT2D eigenvalue weighted by atomic mass is 9.80. The second-order valence-electron chi connectivity index (χ2n) is 6.12. The Hall–Kier alpha value is 0.440. The lowest BCUT2D eigenvalue weighted by Crippen LogP contribution is -2.37. The molecule has 82 valence electrons. The molecule has 0 N–H and O–H groups in total. The van der Waals surface area contributed by atoms with Gasteiger partial charge in [0.05, 0.1) is 5.60 Å². The quantitative estimate of drug-likeness (QED) is 0.655. The van der Waals surface area contributed by atoms with Crippen molar-refractivity contribution < 1.29 is 4.74 Å². The Morgan fingerprint density at radius 2 is 1.93 bits per heavy atom. The fourth-order valence-corrected chi connectivity index (χ4v) is 5.09. The van der Waals surface area contributed by atoms with Gasteiger partial charge in [0.1, 0.15) is 0 Å². The monoisotopic (exact) mass is 260 g/mol. The van der Waals surface area contributed by atoms with Crippen LogP contribution in [0, 0.1) is 16.7 Å². The van der Waals surface area contributed by atoms with Gasteiger partial charge in [0, 0.05) is 11.9 Å². The third kappa shape index (κ3) is 1.30. The zero-order valence-corrected chi connectivity index (χ0v) is 11.3. The van der Waals surface area contributed by atoms with Crippen LogP contribution >= 0.6 is 15.9 Å². The van der Waals surface area contributed by atoms with Crippen LogP contribution in [-0.4, -0.2) is 17.5 Å². The van der Waals surface area contributed by atoms with Crippen LogP contribution in [0.25, 0.3) is 0 Å². The topological polar surface area (TPSA) is 9.23 Å². The summed E-state index contributed by atoms with van der Waals surface area (Å²) < 4.78 is 5.81. The maximum atomic E-state index is 5.81. The normalized spacial score (nSPS) is 43.9. The number of halogens is 1. The Morgan fingerprint density at radius 3 is 2.36 bits per heavy atom. The summed E-state index contributed by atoms with van der Waals surface area (Å²) in [5, 5.41) is 1.15. The van der Waals surface area contributed by atoms with E-state index in [1.807, 2.05) is 0 Å². The molecule has 0 amide bonds. The van der Waals surface area contributed by atoms with Crippen LogP contribution < -0.4 is 0 Å². The predicted octanol–water partition coefficient (Wildman–Crippen LogP) is 3.61. The molecule has 1 saturated heterocycles. The first-order valence-corrected chi connectivity index (χ1v) is 6.68. The molecule has 2 fully saturated rings. The lowest BCUT2D eigenvalue weighted by molar-refractivity contribution is -0.0878. The molecule has 1 spiro atoms. The Morgan fingerprint density at radius 1 is 1.29 bits per heavy atom. The first kappa shape index (κ1) is 10.9. The van der Waals surface area contributed by atoms with E-state index in [9.17, 15) is 0 Å². The fourth-order valence-electron chi connectivity index (χ4n) is 3.66. The minimum atomic E-state index is 0.0897. The molecule has 0 aromatic rings. The van der Waals surface area contributed by atoms with Crippen LogP contribution in [0.2, 0.25) is 0 Å². The van der Waals surface area contributed by atoms with Gasteiger partial charge in [0.25, 0.3) is 0 Å². The summed E-state index contributed by atoms with van der Waals surface area (Å²) >= 11 is 3.66. The van der Waals surface area contributed by atoms with Gasteiger partial charge in [-0.25, -0.2) is 0 Å². The number of rotatable bonds is 1. The molecule has 2 heteroatoms. The van der Waals surface area contributed by atoms with Crippen LogP contribution in [0.1, 0.15) is 40.5 Å². The molecule has 0 radical (unpaired) electrons. The second-order valence-corrected chi connectivity index (χ2v) is 6.77. The van der Waals surface area contributed by atoms with Gasteiger partial charge in [-0.3, -0.25) is 0 Å². The van der Waals surface area contributed by atoms with Crippen molar-refractivity contribution in [3.8, 4) is 0 Å². The highest BCUT2D eigenvalue weighted by Gasteiger charge is 2.71. The number of alkyl halides is 1. The predicted molar refractivity (Wildman–Crippen MR) is 62.8 cm³/mol. The average molecular weight is 261 g/mol. The van der Waals surface area contributed by atoms with E-state index < -0.39 is 0 Å². The second kappa shape index (κ2) is 2.98. The Labute approximate surface area is 95.7 Å². The summed E-state index contributed by atoms with van der Waals surface area (Å²) in [5.41, 5.74) is 1.16. The molecular weight excluding hydrogens is 240 g/mol. The fraction of sp³-hybridized carbons (Fsp3) is 1.00. The van der Waals surface area contributed by atoms with Crippen LogP contribution in [-0.2, 0) is 4.74 Å². The van der Waals surface area contributed by atoms with Gasteiger partial charge in [0.15, 0.2) is 0 Å². The summed E-state index contributed by atoms with van der Waals surface area (Å²) in [5.74, 6) is 0.846. The molecule has 1 saturated carbocycles. The molecule has 0 aromatic heterocycles. The summed E-state index contributed by atoms with van der Waals surface area (Å²) in [4.78, 5) is 0.